The van der Waals surface area contributed by atoms with Crippen molar-refractivity contribution in [3.63, 3.8) is 0 Å². The second kappa shape index (κ2) is 19.1. The lowest BCUT2D eigenvalue weighted by Crippen LogP contribution is -2.62. The molecule has 3 fully saturated rings. The average Bonchev–Trinajstić information content (AvgIpc) is 3.62. The van der Waals surface area contributed by atoms with Gasteiger partial charge in [-0.15, -0.1) is 11.3 Å². The molecule has 0 radical (unpaired) electrons. The third kappa shape index (κ3) is 9.47. The molecule has 18 heteroatoms. The highest BCUT2D eigenvalue weighted by atomic mass is 32.1. The second-order valence-corrected chi connectivity index (χ2v) is 20.2. The molecule has 3 saturated heterocycles. The molecular formula is C48H63N9O8S. The van der Waals surface area contributed by atoms with Gasteiger partial charge in [0.25, 0.3) is 5.91 Å². The quantitative estimate of drug-likeness (QED) is 0.132. The number of carbonyl (C=O) groups excluding carboxylic acids is 5. The number of hydrogen-bond acceptors (Lipinski definition) is 13. The summed E-state index contributed by atoms with van der Waals surface area (Å²) < 4.78 is 14.2. The first-order valence-electron chi connectivity index (χ1n) is 23.1. The molecule has 7 heterocycles. The minimum Gasteiger partial charge on any atom is -0.464 e. The van der Waals surface area contributed by atoms with Crippen molar-refractivity contribution in [1.82, 2.24) is 45.4 Å². The van der Waals surface area contributed by atoms with E-state index in [1.54, 1.807) is 25.3 Å². The molecule has 7 atom stereocenters. The van der Waals surface area contributed by atoms with E-state index in [1.165, 1.54) is 21.2 Å². The van der Waals surface area contributed by atoms with Gasteiger partial charge in [-0.05, 0) is 75.3 Å². The number of carbonyl (C=O) groups is 5. The number of hydrogen-bond donors (Lipinski definition) is 4. The fourth-order valence-electron chi connectivity index (χ4n) is 9.87. The Labute approximate surface area is 389 Å². The molecule has 4 N–H and O–H groups in total. The molecule has 0 spiro atoms. The Morgan fingerprint density at radius 3 is 2.62 bits per heavy atom. The van der Waals surface area contributed by atoms with Gasteiger partial charge in [0.05, 0.1) is 40.7 Å². The number of aromatic nitrogens is 3. The van der Waals surface area contributed by atoms with Crippen molar-refractivity contribution in [1.29, 1.82) is 0 Å². The summed E-state index contributed by atoms with van der Waals surface area (Å²) in [5.41, 5.74) is 9.19. The SMILES string of the molecule is CCn1c(-c2cccnc2[C@H](C)OC)c2c3cc(ccc31)-c1csc(n1)C[C@H](NC(=O)[C@H](C(C)C)N(C)C(=O)[C@H]1CCN(C(=O)[C@@H]3N[C@@H]3O)C1)C(=O)N1CCC[C@H](N1)C(=O)OCC(C)(C)C2. The van der Waals surface area contributed by atoms with Crippen molar-refractivity contribution in [2.45, 2.75) is 117 Å². The van der Waals surface area contributed by atoms with Gasteiger partial charge in [0.2, 0.25) is 17.7 Å². The van der Waals surface area contributed by atoms with E-state index in [2.05, 4.69) is 65.7 Å². The number of nitrogens with zero attached hydrogens (tertiary/aromatic N) is 6. The number of likely N-dealkylation sites (N-methyl/N-ethyl adjacent to an activating group) is 1. The van der Waals surface area contributed by atoms with E-state index in [0.717, 1.165) is 44.7 Å². The molecule has 8 rings (SSSR count). The maximum atomic E-state index is 14.6. The zero-order valence-electron chi connectivity index (χ0n) is 39.1. The molecule has 3 aromatic heterocycles. The van der Waals surface area contributed by atoms with Crippen LogP contribution in [0.15, 0.2) is 41.9 Å². The smallest absolute Gasteiger partial charge is 0.324 e. The van der Waals surface area contributed by atoms with Gasteiger partial charge in [0.15, 0.2) is 0 Å². The van der Waals surface area contributed by atoms with Gasteiger partial charge >= 0.3 is 5.97 Å². The molecule has 1 aromatic carbocycles. The van der Waals surface area contributed by atoms with Gasteiger partial charge in [-0.2, -0.15) is 0 Å². The van der Waals surface area contributed by atoms with Crippen LogP contribution >= 0.6 is 11.3 Å². The van der Waals surface area contributed by atoms with Crippen LogP contribution in [0.2, 0.25) is 0 Å². The van der Waals surface area contributed by atoms with Gasteiger partial charge in [-0.25, -0.2) is 10.4 Å². The van der Waals surface area contributed by atoms with Crippen molar-refractivity contribution in [3.05, 3.63) is 58.2 Å². The number of cyclic esters (lactones) is 1. The number of likely N-dealkylation sites (tertiary alicyclic amines) is 1. The molecule has 0 unspecified atom stereocenters. The van der Waals surface area contributed by atoms with Gasteiger partial charge in [-0.1, -0.05) is 33.8 Å². The van der Waals surface area contributed by atoms with E-state index >= 15 is 0 Å². The summed E-state index contributed by atoms with van der Waals surface area (Å²) in [7, 11) is 3.26. The first kappa shape index (κ1) is 47.2. The Morgan fingerprint density at radius 2 is 1.91 bits per heavy atom. The summed E-state index contributed by atoms with van der Waals surface area (Å²) in [6, 6.07) is 6.88. The van der Waals surface area contributed by atoms with Crippen molar-refractivity contribution in [2.75, 3.05) is 40.4 Å². The van der Waals surface area contributed by atoms with Crippen LogP contribution in [-0.4, -0.2) is 135 Å². The zero-order chi connectivity index (χ0) is 47.2. The van der Waals surface area contributed by atoms with Crippen molar-refractivity contribution in [2.24, 2.45) is 17.3 Å². The van der Waals surface area contributed by atoms with Crippen LogP contribution in [0, 0.1) is 17.3 Å². The maximum Gasteiger partial charge on any atom is 0.324 e. The van der Waals surface area contributed by atoms with Gasteiger partial charge in [0.1, 0.15) is 30.4 Å². The van der Waals surface area contributed by atoms with Crippen LogP contribution in [0.3, 0.4) is 0 Å². The highest BCUT2D eigenvalue weighted by Crippen LogP contribution is 2.42. The lowest BCUT2D eigenvalue weighted by molar-refractivity contribution is -0.155. The molecule has 0 aliphatic carbocycles. The summed E-state index contributed by atoms with van der Waals surface area (Å²) in [5, 5.41) is 20.5. The highest BCUT2D eigenvalue weighted by molar-refractivity contribution is 7.10. The number of benzene rings is 1. The maximum absolute atomic E-state index is 14.6. The molecule has 4 aromatic rings. The van der Waals surface area contributed by atoms with Crippen LogP contribution < -0.4 is 16.1 Å². The molecule has 0 saturated carbocycles. The third-order valence-corrected chi connectivity index (χ3v) is 14.4. The van der Waals surface area contributed by atoms with E-state index in [0.29, 0.717) is 50.3 Å². The Morgan fingerprint density at radius 1 is 1.14 bits per heavy atom. The van der Waals surface area contributed by atoms with Crippen LogP contribution in [-0.2, 0) is 52.8 Å². The number of hydrazine groups is 1. The fourth-order valence-corrected chi connectivity index (χ4v) is 10.7. The Kier molecular flexibility index (Phi) is 13.7. The lowest BCUT2D eigenvalue weighted by Gasteiger charge is -2.36. The largest absolute Gasteiger partial charge is 0.464 e. The van der Waals surface area contributed by atoms with Crippen LogP contribution in [0.5, 0.6) is 0 Å². The van der Waals surface area contributed by atoms with Gasteiger partial charge < -0.3 is 34.3 Å². The normalized spacial score (nSPS) is 24.2. The van der Waals surface area contributed by atoms with E-state index in [9.17, 15) is 29.1 Å². The number of aryl methyl sites for hydroxylation is 1. The molecule has 66 heavy (non-hydrogen) atoms. The van der Waals surface area contributed by atoms with E-state index < -0.39 is 59.5 Å². The number of aliphatic hydroxyl groups is 1. The average molecular weight is 926 g/mol. The summed E-state index contributed by atoms with van der Waals surface area (Å²) in [4.78, 5) is 82.6. The summed E-state index contributed by atoms with van der Waals surface area (Å²) in [6.07, 6.45) is 2.70. The highest BCUT2D eigenvalue weighted by Gasteiger charge is 2.46. The number of rotatable bonds is 10. The summed E-state index contributed by atoms with van der Waals surface area (Å²) >= 11 is 1.40. The predicted octanol–water partition coefficient (Wildman–Crippen LogP) is 3.82. The summed E-state index contributed by atoms with van der Waals surface area (Å²) in [5.74, 6) is -2.80. The number of nitrogens with one attached hydrogen (secondary N) is 3. The standard InChI is InChI=1S/C48H63N9O8S/c1-9-56-36-15-14-28-20-31(36)32(41(56)30-12-10-17-49-38(30)27(4)64-8)22-48(5,6)25-65-47(63)33-13-11-18-57(53-33)45(61)34(21-37-50-35(28)24-66-37)51-43(59)40(26(2)3)54(7)44(60)29-16-19-55(23-29)46(62)39-42(58)52-39/h10,12,14-15,17,20,24,26-27,29,33-34,39-40,42,52-53,58H,9,11,13,16,18-19,21-23,25H2,1-8H3,(H,51,59)/t27-,29-,33-,34-,39+,40-,42+/m0/s1. The Hall–Kier alpha value is -5.27. The molecule has 4 aliphatic heterocycles. The van der Waals surface area contributed by atoms with E-state index in [4.69, 9.17) is 19.4 Å². The molecule has 4 aliphatic rings. The first-order chi connectivity index (χ1) is 31.5. The van der Waals surface area contributed by atoms with Gasteiger partial charge in [0, 0.05) is 85.8 Å². The van der Waals surface area contributed by atoms with Crippen molar-refractivity contribution < 1.29 is 38.6 Å². The molecule has 4 amide bonds. The minimum absolute atomic E-state index is 0.0608. The molecule has 17 nitrogen and oxygen atoms in total. The van der Waals surface area contributed by atoms with Crippen LogP contribution in [0.1, 0.15) is 83.2 Å². The fraction of sp³-hybridized carbons (Fsp3) is 0.562. The van der Waals surface area contributed by atoms with E-state index in [1.807, 2.05) is 32.2 Å². The zero-order valence-corrected chi connectivity index (χ0v) is 39.9. The first-order valence-corrected chi connectivity index (χ1v) is 24.0. The number of methoxy groups -OCH3 is 1. The number of thiazole rings is 1. The number of aliphatic hydroxyl groups excluding tert-OH is 1. The van der Waals surface area contributed by atoms with Crippen LogP contribution in [0.4, 0.5) is 0 Å². The predicted molar refractivity (Wildman–Crippen MR) is 248 cm³/mol. The third-order valence-electron chi connectivity index (χ3n) is 13.5. The van der Waals surface area contributed by atoms with Gasteiger partial charge in [-0.3, -0.25) is 39.3 Å². The lowest BCUT2D eigenvalue weighted by atomic mass is 9.84. The number of pyridine rings is 1. The minimum atomic E-state index is -1.10. The second-order valence-electron chi connectivity index (χ2n) is 19.3. The number of amides is 4. The summed E-state index contributed by atoms with van der Waals surface area (Å²) in [6.45, 7) is 13.7. The number of fused-ring (bicyclic) bond motifs is 6. The Bertz CT molecular complexity index is 2500. The van der Waals surface area contributed by atoms with E-state index in [-0.39, 0.29) is 43.4 Å². The number of esters is 1. The monoisotopic (exact) mass is 925 g/mol. The topological polar surface area (TPSA) is 210 Å². The van der Waals surface area contributed by atoms with Crippen molar-refractivity contribution in [3.8, 4) is 22.5 Å². The van der Waals surface area contributed by atoms with Crippen molar-refractivity contribution >= 4 is 51.8 Å². The Balaban J connectivity index is 1.13. The molecule has 354 valence electrons. The molecular weight excluding hydrogens is 863 g/mol. The molecule has 6 bridgehead atoms. The number of ether oxygens (including phenoxy) is 2. The van der Waals surface area contributed by atoms with Crippen LogP contribution in [0.25, 0.3) is 33.4 Å².